The second-order valence-electron chi connectivity index (χ2n) is 7.91. The van der Waals surface area contributed by atoms with Crippen molar-refractivity contribution < 1.29 is 4.79 Å². The zero-order valence-electron chi connectivity index (χ0n) is 17.3. The lowest BCUT2D eigenvalue weighted by Crippen LogP contribution is -2.21. The molecular weight excluding hydrogens is 420 g/mol. The van der Waals surface area contributed by atoms with Gasteiger partial charge in [-0.25, -0.2) is 0 Å². The van der Waals surface area contributed by atoms with E-state index in [0.717, 1.165) is 22.3 Å². The lowest BCUT2D eigenvalue weighted by molar-refractivity contribution is -0.116. The van der Waals surface area contributed by atoms with E-state index in [1.54, 1.807) is 14.1 Å². The fraction of sp³-hybridized carbons (Fsp3) is 0.450. The van der Waals surface area contributed by atoms with Crippen LogP contribution in [0.1, 0.15) is 34.1 Å². The van der Waals surface area contributed by atoms with Gasteiger partial charge >= 0.3 is 0 Å². The van der Waals surface area contributed by atoms with Gasteiger partial charge in [0, 0.05) is 38.3 Å². The Hall–Kier alpha value is -2.35. The van der Waals surface area contributed by atoms with E-state index in [0.29, 0.717) is 29.6 Å². The van der Waals surface area contributed by atoms with Crippen LogP contribution in [0.2, 0.25) is 0 Å². The van der Waals surface area contributed by atoms with Crippen molar-refractivity contribution in [3.8, 4) is 0 Å². The topological polar surface area (TPSA) is 91.0 Å². The first-order valence-corrected chi connectivity index (χ1v) is 9.98. The first-order valence-electron chi connectivity index (χ1n) is 9.19. The molecule has 8 heteroatoms. The average molecular weight is 449 g/mol. The number of rotatable bonds is 6. The number of amides is 1. The number of aromatic nitrogens is 2. The van der Waals surface area contributed by atoms with Crippen molar-refractivity contribution in [2.24, 2.45) is 5.41 Å². The molecule has 28 heavy (non-hydrogen) atoms. The van der Waals surface area contributed by atoms with Crippen LogP contribution in [0.15, 0.2) is 39.5 Å². The molecule has 1 aromatic rings. The van der Waals surface area contributed by atoms with Gasteiger partial charge in [0.25, 0.3) is 5.91 Å². The van der Waals surface area contributed by atoms with Gasteiger partial charge in [-0.1, -0.05) is 32.4 Å². The average Bonchev–Trinajstić information content (AvgIpc) is 2.82. The molecule has 2 rings (SSSR count). The third kappa shape index (κ3) is 6.09. The van der Waals surface area contributed by atoms with E-state index in [2.05, 4.69) is 67.9 Å². The summed E-state index contributed by atoms with van der Waals surface area (Å²) in [6, 6.07) is 0. The van der Waals surface area contributed by atoms with Crippen molar-refractivity contribution in [2.45, 2.75) is 34.1 Å². The molecule has 1 amide bonds. The lowest BCUT2D eigenvalue weighted by Gasteiger charge is -2.21. The summed E-state index contributed by atoms with van der Waals surface area (Å²) in [6.45, 7) is 9.27. The lowest BCUT2D eigenvalue weighted by atomic mass is 9.97. The molecule has 0 saturated heterocycles. The van der Waals surface area contributed by atoms with Gasteiger partial charge < -0.3 is 21.3 Å². The maximum absolute atomic E-state index is 12.1. The van der Waals surface area contributed by atoms with Crippen LogP contribution in [-0.4, -0.2) is 36.5 Å². The van der Waals surface area contributed by atoms with E-state index >= 15 is 0 Å². The van der Waals surface area contributed by atoms with E-state index in [4.69, 9.17) is 0 Å². The second-order valence-corrected chi connectivity index (χ2v) is 8.70. The Balaban J connectivity index is 2.36. The first-order chi connectivity index (χ1) is 13.1. The van der Waals surface area contributed by atoms with Crippen LogP contribution in [0.25, 0.3) is 0 Å². The molecule has 7 nitrogen and oxygen atoms in total. The normalized spacial score (nSPS) is 14.3. The molecule has 152 valence electrons. The van der Waals surface area contributed by atoms with Crippen LogP contribution < -0.4 is 21.3 Å². The Morgan fingerprint density at radius 1 is 1.18 bits per heavy atom. The van der Waals surface area contributed by atoms with Crippen molar-refractivity contribution in [2.75, 3.05) is 36.6 Å². The van der Waals surface area contributed by atoms with Gasteiger partial charge in [0.15, 0.2) is 5.82 Å². The summed E-state index contributed by atoms with van der Waals surface area (Å²) in [4.78, 5) is 21.1. The van der Waals surface area contributed by atoms with Crippen molar-refractivity contribution >= 4 is 39.4 Å². The predicted molar refractivity (Wildman–Crippen MR) is 119 cm³/mol. The molecule has 0 radical (unpaired) electrons. The highest BCUT2D eigenvalue weighted by Gasteiger charge is 2.17. The molecule has 1 aliphatic carbocycles. The van der Waals surface area contributed by atoms with Gasteiger partial charge in [-0.2, -0.15) is 9.97 Å². The number of carbonyl (C=O) groups excluding carboxylic acids is 1. The Morgan fingerprint density at radius 2 is 1.86 bits per heavy atom. The maximum Gasteiger partial charge on any atom is 0.251 e. The van der Waals surface area contributed by atoms with E-state index in [-0.39, 0.29) is 11.3 Å². The number of nitrogens with one attached hydrogen (secondary N) is 4. The van der Waals surface area contributed by atoms with E-state index in [1.807, 2.05) is 25.2 Å². The third-order valence-electron chi connectivity index (χ3n) is 3.98. The van der Waals surface area contributed by atoms with E-state index in [9.17, 15) is 4.79 Å². The number of halogens is 1. The Bertz CT molecular complexity index is 836. The highest BCUT2D eigenvalue weighted by Crippen LogP contribution is 2.32. The van der Waals surface area contributed by atoms with Crippen LogP contribution in [0.4, 0.5) is 17.6 Å². The van der Waals surface area contributed by atoms with Crippen LogP contribution in [0.5, 0.6) is 0 Å². The van der Waals surface area contributed by atoms with Gasteiger partial charge in [-0.15, -0.1) is 0 Å². The van der Waals surface area contributed by atoms with Crippen molar-refractivity contribution in [1.82, 2.24) is 15.3 Å². The Morgan fingerprint density at radius 3 is 2.46 bits per heavy atom. The third-order valence-corrected chi connectivity index (χ3v) is 4.73. The predicted octanol–water partition coefficient (Wildman–Crippen LogP) is 4.06. The molecule has 0 aliphatic heterocycles. The fourth-order valence-corrected chi connectivity index (χ4v) is 2.92. The van der Waals surface area contributed by atoms with Gasteiger partial charge in [0.2, 0.25) is 5.95 Å². The summed E-state index contributed by atoms with van der Waals surface area (Å²) in [5.74, 6) is 1.72. The number of nitrogens with zero attached hydrogens (tertiary/aromatic N) is 2. The highest BCUT2D eigenvalue weighted by atomic mass is 79.9. The van der Waals surface area contributed by atoms with Crippen molar-refractivity contribution in [3.63, 3.8) is 0 Å². The van der Waals surface area contributed by atoms with E-state index in [1.165, 1.54) is 0 Å². The number of allylic oxidation sites excluding steroid dienone is 3. The summed E-state index contributed by atoms with van der Waals surface area (Å²) < 4.78 is 0.744. The zero-order valence-corrected chi connectivity index (χ0v) is 18.9. The van der Waals surface area contributed by atoms with Crippen LogP contribution in [0.3, 0.4) is 0 Å². The quantitative estimate of drug-likeness (QED) is 0.524. The summed E-state index contributed by atoms with van der Waals surface area (Å²) in [5, 5.41) is 12.4. The number of anilines is 3. The van der Waals surface area contributed by atoms with Crippen LogP contribution in [0, 0.1) is 5.41 Å². The summed E-state index contributed by atoms with van der Waals surface area (Å²) in [7, 11) is 3.41. The fourth-order valence-electron chi connectivity index (χ4n) is 2.50. The molecule has 0 atom stereocenters. The number of hydrogen-bond donors (Lipinski definition) is 4. The van der Waals surface area contributed by atoms with Gasteiger partial charge in [-0.05, 0) is 40.4 Å². The molecule has 0 spiro atoms. The molecule has 1 aliphatic rings. The molecular formula is C20H29BrN6O. The molecule has 4 N–H and O–H groups in total. The molecule has 0 aromatic carbocycles. The van der Waals surface area contributed by atoms with Gasteiger partial charge in [-0.3, -0.25) is 4.79 Å². The Kier molecular flexibility index (Phi) is 7.23. The van der Waals surface area contributed by atoms with Gasteiger partial charge in [0.1, 0.15) is 10.3 Å². The summed E-state index contributed by atoms with van der Waals surface area (Å²) in [5.41, 5.74) is 2.72. The minimum absolute atomic E-state index is 0.108. The van der Waals surface area contributed by atoms with Crippen molar-refractivity contribution in [3.05, 3.63) is 39.5 Å². The molecule has 0 unspecified atom stereocenters. The summed E-state index contributed by atoms with van der Waals surface area (Å²) in [6.07, 6.45) is 6.32. The molecule has 0 saturated carbocycles. The monoisotopic (exact) mass is 448 g/mol. The zero-order chi connectivity index (χ0) is 20.9. The SMILES string of the molecule is CNC(=O)C1=CC=C(C)CC(Nc2nc(NC)nc(NCC(C)(C)C)c2Br)=C1. The molecule has 1 heterocycles. The second kappa shape index (κ2) is 9.23. The Labute approximate surface area is 175 Å². The largest absolute Gasteiger partial charge is 0.368 e. The molecule has 0 fully saturated rings. The molecule has 0 bridgehead atoms. The number of carbonyl (C=O) groups is 1. The number of hydrogen-bond acceptors (Lipinski definition) is 6. The van der Waals surface area contributed by atoms with Crippen LogP contribution >= 0.6 is 15.9 Å². The smallest absolute Gasteiger partial charge is 0.251 e. The summed E-state index contributed by atoms with van der Waals surface area (Å²) >= 11 is 3.62. The van der Waals surface area contributed by atoms with Crippen LogP contribution in [-0.2, 0) is 4.79 Å². The van der Waals surface area contributed by atoms with E-state index < -0.39 is 0 Å². The first kappa shape index (κ1) is 21.9. The van der Waals surface area contributed by atoms with Gasteiger partial charge in [0.05, 0.1) is 0 Å². The maximum atomic E-state index is 12.1. The minimum Gasteiger partial charge on any atom is -0.368 e. The van der Waals surface area contributed by atoms with Crippen molar-refractivity contribution in [1.29, 1.82) is 0 Å². The number of likely N-dealkylation sites (N-methyl/N-ethyl adjacent to an activating group) is 1. The standard InChI is InChI=1S/C20H29BrN6O/c1-12-7-8-13(18(28)22-5)10-14(9-12)25-17-15(21)16(24-11-20(2,3)4)26-19(23-6)27-17/h7-8,10H,9,11H2,1-6H3,(H,22,28)(H3,23,24,25,26,27). The minimum atomic E-state index is -0.129. The highest BCUT2D eigenvalue weighted by molar-refractivity contribution is 9.10. The molecule has 1 aromatic heterocycles.